The van der Waals surface area contributed by atoms with Crippen LogP contribution in [0, 0.1) is 0 Å². The normalized spacial score (nSPS) is 14.3. The Morgan fingerprint density at radius 3 is 1.60 bits per heavy atom. The van der Waals surface area contributed by atoms with Crippen LogP contribution in [0.15, 0.2) is 188 Å². The molecule has 10 rings (SSSR count). The topological polar surface area (TPSA) is 50.2 Å². The molecule has 1 aliphatic rings. The second-order valence-electron chi connectivity index (χ2n) is 13.3. The average Bonchev–Trinajstić information content (AvgIpc) is 3.22. The number of aliphatic imine (C=N–C) groups is 1. The van der Waals surface area contributed by atoms with Crippen molar-refractivity contribution in [2.45, 2.75) is 6.04 Å². The number of hydrogen-bond acceptors (Lipinski definition) is 4. The predicted molar refractivity (Wildman–Crippen MR) is 216 cm³/mol. The van der Waals surface area contributed by atoms with Gasteiger partial charge in [-0.1, -0.05) is 121 Å². The third-order valence-electron chi connectivity index (χ3n) is 10.3. The van der Waals surface area contributed by atoms with E-state index in [0.717, 1.165) is 66.5 Å². The highest BCUT2D eigenvalue weighted by atomic mass is 15.0. The molecule has 7 aromatic carbocycles. The van der Waals surface area contributed by atoms with Crippen LogP contribution < -0.4 is 5.32 Å². The van der Waals surface area contributed by atoms with Gasteiger partial charge in [0.1, 0.15) is 5.84 Å². The minimum Gasteiger partial charge on any atom is -0.359 e. The number of nitrogens with zero attached hydrogens (tertiary/aromatic N) is 3. The fourth-order valence-corrected chi connectivity index (χ4v) is 7.80. The van der Waals surface area contributed by atoms with Gasteiger partial charge in [0.05, 0.1) is 11.7 Å². The van der Waals surface area contributed by atoms with Crippen molar-refractivity contribution in [2.24, 2.45) is 4.99 Å². The Bertz CT molecular complexity index is 2780. The van der Waals surface area contributed by atoms with E-state index in [4.69, 9.17) is 4.99 Å². The maximum atomic E-state index is 5.47. The first kappa shape index (κ1) is 30.0. The minimum absolute atomic E-state index is 0.119. The van der Waals surface area contributed by atoms with Crippen molar-refractivity contribution in [3.05, 3.63) is 199 Å². The van der Waals surface area contributed by atoms with Crippen molar-refractivity contribution in [2.75, 3.05) is 0 Å². The molecule has 4 heteroatoms. The zero-order valence-electron chi connectivity index (χ0n) is 28.2. The first-order chi connectivity index (χ1) is 25.8. The number of pyridine rings is 2. The second kappa shape index (κ2) is 12.4. The van der Waals surface area contributed by atoms with E-state index in [0.29, 0.717) is 0 Å². The molecule has 9 aromatic rings. The number of amidine groups is 1. The molecule has 0 saturated heterocycles. The number of hydrogen-bond donors (Lipinski definition) is 1. The zero-order valence-corrected chi connectivity index (χ0v) is 28.2. The van der Waals surface area contributed by atoms with Crippen molar-refractivity contribution >= 4 is 54.6 Å². The van der Waals surface area contributed by atoms with Crippen LogP contribution in [0.4, 0.5) is 0 Å². The molecule has 2 aromatic heterocycles. The van der Waals surface area contributed by atoms with Crippen molar-refractivity contribution < 1.29 is 0 Å². The summed E-state index contributed by atoms with van der Waals surface area (Å²) < 4.78 is 0. The van der Waals surface area contributed by atoms with Crippen LogP contribution in [0.2, 0.25) is 0 Å². The smallest absolute Gasteiger partial charge is 0.134 e. The van der Waals surface area contributed by atoms with Crippen molar-refractivity contribution in [3.8, 4) is 22.3 Å². The second-order valence-corrected chi connectivity index (χ2v) is 13.3. The van der Waals surface area contributed by atoms with E-state index in [9.17, 15) is 0 Å². The monoisotopic (exact) mass is 664 g/mol. The van der Waals surface area contributed by atoms with Crippen molar-refractivity contribution in [1.82, 2.24) is 15.3 Å². The summed E-state index contributed by atoms with van der Waals surface area (Å²) in [5, 5.41) is 13.2. The lowest BCUT2D eigenvalue weighted by Gasteiger charge is -2.26. The van der Waals surface area contributed by atoms with E-state index in [1.807, 2.05) is 24.8 Å². The summed E-state index contributed by atoms with van der Waals surface area (Å²) in [5.41, 5.74) is 8.81. The van der Waals surface area contributed by atoms with E-state index in [1.54, 1.807) is 0 Å². The molecule has 0 radical (unpaired) electrons. The molecule has 1 N–H and O–H groups in total. The van der Waals surface area contributed by atoms with Gasteiger partial charge in [-0.2, -0.15) is 0 Å². The quantitative estimate of drug-likeness (QED) is 0.199. The Balaban J connectivity index is 1.23. The van der Waals surface area contributed by atoms with Gasteiger partial charge in [0.2, 0.25) is 0 Å². The summed E-state index contributed by atoms with van der Waals surface area (Å²) in [7, 11) is 0. The highest BCUT2D eigenvalue weighted by molar-refractivity contribution is 6.09. The lowest BCUT2D eigenvalue weighted by atomic mass is 9.90. The molecule has 0 bridgehead atoms. The number of fused-ring (bicyclic) bond motifs is 4. The van der Waals surface area contributed by atoms with Crippen LogP contribution in [-0.2, 0) is 0 Å². The molecule has 3 heterocycles. The fourth-order valence-electron chi connectivity index (χ4n) is 7.80. The van der Waals surface area contributed by atoms with Gasteiger partial charge in [0, 0.05) is 46.7 Å². The molecule has 0 spiro atoms. The maximum Gasteiger partial charge on any atom is 0.134 e. The molecule has 0 saturated carbocycles. The van der Waals surface area contributed by atoms with Crippen LogP contribution >= 0.6 is 0 Å². The van der Waals surface area contributed by atoms with E-state index in [1.165, 1.54) is 27.1 Å². The van der Waals surface area contributed by atoms with E-state index < -0.39 is 0 Å². The molecule has 1 unspecified atom stereocenters. The van der Waals surface area contributed by atoms with Gasteiger partial charge in [-0.05, 0) is 96.5 Å². The maximum absolute atomic E-state index is 5.47. The minimum atomic E-state index is -0.119. The largest absolute Gasteiger partial charge is 0.359 e. The van der Waals surface area contributed by atoms with E-state index in [-0.39, 0.29) is 6.04 Å². The summed E-state index contributed by atoms with van der Waals surface area (Å²) in [6.07, 6.45) is 9.90. The lowest BCUT2D eigenvalue weighted by Crippen LogP contribution is -2.31. The first-order valence-electron chi connectivity index (χ1n) is 17.6. The third-order valence-corrected chi connectivity index (χ3v) is 10.3. The molecular weight excluding hydrogens is 633 g/mol. The van der Waals surface area contributed by atoms with Gasteiger partial charge in [-0.25, -0.2) is 4.99 Å². The number of aromatic nitrogens is 2. The van der Waals surface area contributed by atoms with Crippen LogP contribution in [0.3, 0.4) is 0 Å². The Morgan fingerprint density at radius 1 is 0.423 bits per heavy atom. The van der Waals surface area contributed by atoms with E-state index >= 15 is 0 Å². The summed E-state index contributed by atoms with van der Waals surface area (Å²) in [4.78, 5) is 14.3. The highest BCUT2D eigenvalue weighted by Crippen LogP contribution is 2.38. The fraction of sp³-hybridized carbons (Fsp3) is 0.0208. The van der Waals surface area contributed by atoms with Gasteiger partial charge in [0.25, 0.3) is 0 Å². The zero-order chi connectivity index (χ0) is 34.4. The number of rotatable bonds is 5. The molecule has 0 fully saturated rings. The molecule has 52 heavy (non-hydrogen) atoms. The summed E-state index contributed by atoms with van der Waals surface area (Å²) in [6, 6.07) is 54.1. The average molecular weight is 665 g/mol. The molecular formula is C48H32N4. The Labute approximate surface area is 301 Å². The summed E-state index contributed by atoms with van der Waals surface area (Å²) in [6.45, 7) is 0. The van der Waals surface area contributed by atoms with Gasteiger partial charge in [-0.3, -0.25) is 9.97 Å². The molecule has 1 aliphatic heterocycles. The Kier molecular flexibility index (Phi) is 7.17. The van der Waals surface area contributed by atoms with Crippen LogP contribution in [0.5, 0.6) is 0 Å². The summed E-state index contributed by atoms with van der Waals surface area (Å²) in [5.74, 6) is 0.829. The molecule has 1 atom stereocenters. The van der Waals surface area contributed by atoms with E-state index in [2.05, 4.69) is 173 Å². The van der Waals surface area contributed by atoms with Gasteiger partial charge >= 0.3 is 0 Å². The SMILES string of the molecule is C1=C(c2cccc3ccccc23)N=C(c2cc(-c3cccc4cnccc34)cc(-c3cccc4cnccc34)c2)NC1c1cccc2ccccc12. The van der Waals surface area contributed by atoms with Crippen LogP contribution in [-0.4, -0.2) is 15.8 Å². The standard InChI is InChI=1S/C48H32N4/c1-3-15-38-31(9-1)11-5-19-44(38)46-28-47(45-20-6-12-32-10-2-4-16-39(32)45)52-48(51-46)37-26-35(40-17-7-13-33-29-49-23-21-42(33)40)25-36(27-37)41-18-8-14-34-30-50-24-22-43(34)41/h1-30,46H,(H,51,52). The van der Waals surface area contributed by atoms with Gasteiger partial charge in [0.15, 0.2) is 0 Å². The van der Waals surface area contributed by atoms with Gasteiger partial charge in [-0.15, -0.1) is 0 Å². The Hall–Kier alpha value is -6.91. The molecule has 0 amide bonds. The van der Waals surface area contributed by atoms with Crippen molar-refractivity contribution in [1.29, 1.82) is 0 Å². The lowest BCUT2D eigenvalue weighted by molar-refractivity contribution is 0.787. The van der Waals surface area contributed by atoms with Crippen LogP contribution in [0.25, 0.3) is 71.0 Å². The van der Waals surface area contributed by atoms with Crippen LogP contribution in [0.1, 0.15) is 22.7 Å². The Morgan fingerprint density at radius 2 is 0.923 bits per heavy atom. The van der Waals surface area contributed by atoms with Gasteiger partial charge < -0.3 is 5.32 Å². The molecule has 4 nitrogen and oxygen atoms in total. The third kappa shape index (κ3) is 5.21. The molecule has 244 valence electrons. The summed E-state index contributed by atoms with van der Waals surface area (Å²) >= 11 is 0. The first-order valence-corrected chi connectivity index (χ1v) is 17.6. The molecule has 0 aliphatic carbocycles. The number of nitrogens with one attached hydrogen (secondary N) is 1. The number of benzene rings is 7. The predicted octanol–water partition coefficient (Wildman–Crippen LogP) is 11.6. The highest BCUT2D eigenvalue weighted by Gasteiger charge is 2.23. The van der Waals surface area contributed by atoms with Crippen molar-refractivity contribution in [3.63, 3.8) is 0 Å².